The molecule has 2 rings (SSSR count). The van der Waals surface area contributed by atoms with Gasteiger partial charge in [-0.25, -0.2) is 0 Å². The normalized spacial score (nSPS) is 42.9. The Hall–Kier alpha value is -0.640. The summed E-state index contributed by atoms with van der Waals surface area (Å²) in [5.74, 6) is 0. The van der Waals surface area contributed by atoms with Crippen molar-refractivity contribution in [3.63, 3.8) is 0 Å². The van der Waals surface area contributed by atoms with Crippen LogP contribution in [-0.4, -0.2) is 28.3 Å². The highest BCUT2D eigenvalue weighted by Crippen LogP contribution is 2.35. The van der Waals surface area contributed by atoms with Crippen LogP contribution in [0.25, 0.3) is 0 Å². The van der Waals surface area contributed by atoms with Gasteiger partial charge in [-0.1, -0.05) is 6.58 Å². The number of aliphatic hydroxyl groups is 2. The lowest BCUT2D eigenvalue weighted by Crippen LogP contribution is -2.51. The summed E-state index contributed by atoms with van der Waals surface area (Å²) in [6.45, 7) is 3.62. The highest BCUT2D eigenvalue weighted by atomic mass is 16.3. The summed E-state index contributed by atoms with van der Waals surface area (Å²) < 4.78 is 0. The maximum absolute atomic E-state index is 9.75. The standard InChI is InChI=1S/C10H16N2O2/c1-2-7-3-5-10(6-4-7)8(13)11-9(14)12-10/h8-9,11-14H,1,3-6H2. The lowest BCUT2D eigenvalue weighted by Gasteiger charge is -2.36. The van der Waals surface area contributed by atoms with Crippen LogP contribution in [0.5, 0.6) is 0 Å². The van der Waals surface area contributed by atoms with Crippen molar-refractivity contribution in [1.29, 1.82) is 0 Å². The van der Waals surface area contributed by atoms with Crippen LogP contribution >= 0.6 is 0 Å². The number of allylic oxidation sites excluding steroid dienone is 1. The third-order valence-corrected chi connectivity index (χ3v) is 3.26. The summed E-state index contributed by atoms with van der Waals surface area (Å²) in [6, 6.07) is 0. The summed E-state index contributed by atoms with van der Waals surface area (Å²) in [4.78, 5) is 0. The van der Waals surface area contributed by atoms with Crippen LogP contribution in [0, 0.1) is 0 Å². The van der Waals surface area contributed by atoms with E-state index in [1.165, 1.54) is 5.57 Å². The number of nitrogens with one attached hydrogen (secondary N) is 2. The molecule has 2 fully saturated rings. The largest absolute Gasteiger partial charge is 0.377 e. The second-order valence-electron chi connectivity index (χ2n) is 4.05. The number of aliphatic hydroxyl groups excluding tert-OH is 2. The highest BCUT2D eigenvalue weighted by Gasteiger charge is 2.46. The number of rotatable bonds is 0. The summed E-state index contributed by atoms with van der Waals surface area (Å²) in [5, 5.41) is 24.7. The Balaban J connectivity index is 2.09. The van der Waals surface area contributed by atoms with Gasteiger partial charge in [-0.2, -0.15) is 0 Å². The van der Waals surface area contributed by atoms with Crippen LogP contribution in [0.4, 0.5) is 0 Å². The average molecular weight is 196 g/mol. The molecule has 0 radical (unpaired) electrons. The van der Waals surface area contributed by atoms with E-state index in [1.807, 2.05) is 0 Å². The van der Waals surface area contributed by atoms with Crippen molar-refractivity contribution in [2.75, 3.05) is 0 Å². The van der Waals surface area contributed by atoms with Gasteiger partial charge in [0.15, 0.2) is 6.35 Å². The maximum atomic E-state index is 9.75. The van der Waals surface area contributed by atoms with Gasteiger partial charge in [-0.3, -0.25) is 10.6 Å². The van der Waals surface area contributed by atoms with Gasteiger partial charge < -0.3 is 10.2 Å². The van der Waals surface area contributed by atoms with Gasteiger partial charge in [-0.05, 0) is 31.3 Å². The quantitative estimate of drug-likeness (QED) is 0.405. The summed E-state index contributed by atoms with van der Waals surface area (Å²) in [7, 11) is 0. The predicted molar refractivity (Wildman–Crippen MR) is 52.1 cm³/mol. The Labute approximate surface area is 83.3 Å². The zero-order valence-corrected chi connectivity index (χ0v) is 8.08. The van der Waals surface area contributed by atoms with Gasteiger partial charge in [0.25, 0.3) is 0 Å². The molecule has 1 saturated heterocycles. The van der Waals surface area contributed by atoms with Crippen molar-refractivity contribution in [3.8, 4) is 0 Å². The molecule has 0 aromatic carbocycles. The molecule has 1 aliphatic heterocycles. The Morgan fingerprint density at radius 1 is 1.36 bits per heavy atom. The van der Waals surface area contributed by atoms with Gasteiger partial charge in [0.05, 0.1) is 5.54 Å². The van der Waals surface area contributed by atoms with E-state index < -0.39 is 12.6 Å². The first-order valence-electron chi connectivity index (χ1n) is 4.94. The van der Waals surface area contributed by atoms with Crippen LogP contribution in [0.3, 0.4) is 0 Å². The van der Waals surface area contributed by atoms with Crippen molar-refractivity contribution in [2.24, 2.45) is 0 Å². The summed E-state index contributed by atoms with van der Waals surface area (Å²) in [6.07, 6.45) is 1.96. The molecule has 1 saturated carbocycles. The van der Waals surface area contributed by atoms with Crippen molar-refractivity contribution in [1.82, 2.24) is 10.6 Å². The van der Waals surface area contributed by atoms with E-state index in [2.05, 4.69) is 22.9 Å². The monoisotopic (exact) mass is 196 g/mol. The molecule has 1 heterocycles. The second kappa shape index (κ2) is 3.50. The topological polar surface area (TPSA) is 64.5 Å². The zero-order valence-electron chi connectivity index (χ0n) is 8.08. The van der Waals surface area contributed by atoms with Crippen molar-refractivity contribution in [3.05, 3.63) is 17.9 Å². The highest BCUT2D eigenvalue weighted by molar-refractivity contribution is 5.12. The molecule has 4 heteroatoms. The summed E-state index contributed by atoms with van der Waals surface area (Å²) in [5.41, 5.74) is 3.76. The molecular weight excluding hydrogens is 180 g/mol. The maximum Gasteiger partial charge on any atom is 0.163 e. The Morgan fingerprint density at radius 3 is 2.43 bits per heavy atom. The first-order chi connectivity index (χ1) is 6.66. The molecule has 1 aliphatic carbocycles. The summed E-state index contributed by atoms with van der Waals surface area (Å²) >= 11 is 0. The van der Waals surface area contributed by atoms with Crippen molar-refractivity contribution in [2.45, 2.75) is 43.8 Å². The fourth-order valence-electron chi connectivity index (χ4n) is 2.29. The average Bonchev–Trinajstić information content (AvgIpc) is 2.43. The fourth-order valence-corrected chi connectivity index (χ4v) is 2.29. The molecule has 2 unspecified atom stereocenters. The van der Waals surface area contributed by atoms with Crippen LogP contribution < -0.4 is 10.6 Å². The zero-order chi connectivity index (χ0) is 10.2. The number of hydrogen-bond acceptors (Lipinski definition) is 4. The van der Waals surface area contributed by atoms with E-state index in [0.29, 0.717) is 0 Å². The fraction of sp³-hybridized carbons (Fsp3) is 0.700. The Bertz CT molecular complexity index is 274. The Morgan fingerprint density at radius 2 is 2.00 bits per heavy atom. The van der Waals surface area contributed by atoms with Gasteiger partial charge in [0.2, 0.25) is 0 Å². The van der Waals surface area contributed by atoms with Crippen LogP contribution in [0.1, 0.15) is 25.7 Å². The lowest BCUT2D eigenvalue weighted by molar-refractivity contribution is 0.0607. The van der Waals surface area contributed by atoms with Crippen LogP contribution in [-0.2, 0) is 0 Å². The van der Waals surface area contributed by atoms with E-state index in [-0.39, 0.29) is 5.54 Å². The minimum Gasteiger partial charge on any atom is -0.377 e. The van der Waals surface area contributed by atoms with E-state index in [0.717, 1.165) is 25.7 Å². The van der Waals surface area contributed by atoms with Crippen LogP contribution in [0.2, 0.25) is 0 Å². The lowest BCUT2D eigenvalue weighted by atomic mass is 9.79. The molecule has 14 heavy (non-hydrogen) atoms. The molecule has 0 amide bonds. The molecule has 78 valence electrons. The molecule has 0 aromatic heterocycles. The van der Waals surface area contributed by atoms with Gasteiger partial charge in [0.1, 0.15) is 6.23 Å². The number of hydrogen-bond donors (Lipinski definition) is 4. The smallest absolute Gasteiger partial charge is 0.163 e. The van der Waals surface area contributed by atoms with Gasteiger partial charge in [-0.15, -0.1) is 5.73 Å². The van der Waals surface area contributed by atoms with Gasteiger partial charge >= 0.3 is 0 Å². The van der Waals surface area contributed by atoms with E-state index in [1.54, 1.807) is 0 Å². The third kappa shape index (κ3) is 1.52. The van der Waals surface area contributed by atoms with E-state index >= 15 is 0 Å². The molecule has 4 N–H and O–H groups in total. The molecular formula is C10H16N2O2. The third-order valence-electron chi connectivity index (χ3n) is 3.26. The minimum atomic E-state index is -0.792. The van der Waals surface area contributed by atoms with Crippen LogP contribution in [0.15, 0.2) is 17.9 Å². The SMILES string of the molecule is C=C=C1CCC2(CC1)NC(O)NC2O. The molecule has 2 atom stereocenters. The molecule has 4 nitrogen and oxygen atoms in total. The molecule has 2 aliphatic rings. The second-order valence-corrected chi connectivity index (χ2v) is 4.05. The molecule has 0 aromatic rings. The Kier molecular flexibility index (Phi) is 2.47. The van der Waals surface area contributed by atoms with Crippen molar-refractivity contribution < 1.29 is 10.2 Å². The van der Waals surface area contributed by atoms with Crippen molar-refractivity contribution >= 4 is 0 Å². The molecule has 0 bridgehead atoms. The predicted octanol–water partition coefficient (Wildman–Crippen LogP) is -0.202. The first-order valence-corrected chi connectivity index (χ1v) is 4.94. The molecule has 1 spiro atoms. The van der Waals surface area contributed by atoms with E-state index in [9.17, 15) is 10.2 Å². The first kappa shape index (κ1) is 9.90. The van der Waals surface area contributed by atoms with E-state index in [4.69, 9.17) is 0 Å². The van der Waals surface area contributed by atoms with Gasteiger partial charge in [0, 0.05) is 0 Å². The minimum absolute atomic E-state index is 0.361.